The van der Waals surface area contributed by atoms with Crippen molar-refractivity contribution in [3.05, 3.63) is 87.6 Å². The van der Waals surface area contributed by atoms with Crippen LogP contribution in [0.25, 0.3) is 0 Å². The number of methoxy groups -OCH3 is 1. The molecule has 5 nitrogen and oxygen atoms in total. The van der Waals surface area contributed by atoms with Crippen molar-refractivity contribution in [1.29, 1.82) is 0 Å². The number of rotatable bonds is 6. The number of aromatic nitrogens is 1. The number of ether oxygens (including phenoxy) is 2. The molecule has 0 aliphatic heterocycles. The number of carboxylic acid groups (broad SMARTS) is 1. The molecule has 36 heavy (non-hydrogen) atoms. The van der Waals surface area contributed by atoms with Gasteiger partial charge in [0, 0.05) is 29.7 Å². The van der Waals surface area contributed by atoms with Gasteiger partial charge < -0.3 is 14.6 Å². The largest absolute Gasteiger partial charge is 0.497 e. The molecule has 4 unspecified atom stereocenters. The number of carboxylic acids is 1. The fraction of sp³-hybridized carbons (Fsp3) is 0.379. The first-order chi connectivity index (χ1) is 17.2. The average molecular weight is 492 g/mol. The minimum absolute atomic E-state index is 0.0107. The maximum atomic E-state index is 15.2. The van der Waals surface area contributed by atoms with Crippen molar-refractivity contribution in [2.45, 2.75) is 50.5 Å². The van der Waals surface area contributed by atoms with Gasteiger partial charge >= 0.3 is 5.97 Å². The standard InChI is InChI=1S/C29H27F2NO4/c1-29(2)11-20(18-9-16(35-3)4-5-23(18)30)17-7-15(24(31)10-22(17)29)13-36-25-8-14-6-19-26(21(14)12-32-25)27(19)28(33)34/h4-5,7-10,12,19-20,26-27H,6,11,13H2,1-3H3,(H,33,34). The summed E-state index contributed by atoms with van der Waals surface area (Å²) in [5.74, 6) is -0.798. The molecule has 7 heteroatoms. The Morgan fingerprint density at radius 1 is 1.11 bits per heavy atom. The fourth-order valence-electron chi connectivity index (χ4n) is 6.38. The average Bonchev–Trinajstić information content (AvgIpc) is 3.34. The second kappa shape index (κ2) is 8.02. The van der Waals surface area contributed by atoms with E-state index in [0.717, 1.165) is 22.3 Å². The summed E-state index contributed by atoms with van der Waals surface area (Å²) in [7, 11) is 1.55. The quantitative estimate of drug-likeness (QED) is 0.477. The van der Waals surface area contributed by atoms with Crippen molar-refractivity contribution in [3.63, 3.8) is 0 Å². The normalized spacial score (nSPS) is 24.6. The van der Waals surface area contributed by atoms with E-state index < -0.39 is 5.97 Å². The Hall–Kier alpha value is -3.48. The first-order valence-corrected chi connectivity index (χ1v) is 12.2. The molecule has 1 N–H and O–H groups in total. The van der Waals surface area contributed by atoms with E-state index in [-0.39, 0.29) is 47.3 Å². The number of hydrogen-bond acceptors (Lipinski definition) is 4. The predicted molar refractivity (Wildman–Crippen MR) is 128 cm³/mol. The molecule has 4 atom stereocenters. The molecule has 0 spiro atoms. The van der Waals surface area contributed by atoms with Crippen LogP contribution in [0.1, 0.15) is 65.5 Å². The molecule has 3 aromatic rings. The van der Waals surface area contributed by atoms with E-state index in [1.165, 1.54) is 6.07 Å². The van der Waals surface area contributed by atoms with Crippen molar-refractivity contribution in [2.24, 2.45) is 11.8 Å². The van der Waals surface area contributed by atoms with Crippen molar-refractivity contribution in [2.75, 3.05) is 7.11 Å². The van der Waals surface area contributed by atoms with Crippen molar-refractivity contribution in [3.8, 4) is 11.6 Å². The van der Waals surface area contributed by atoms with Gasteiger partial charge in [-0.05, 0) is 82.3 Å². The van der Waals surface area contributed by atoms with Gasteiger partial charge in [-0.2, -0.15) is 0 Å². The predicted octanol–water partition coefficient (Wildman–Crippen LogP) is 5.73. The zero-order valence-corrected chi connectivity index (χ0v) is 20.3. The van der Waals surface area contributed by atoms with Crippen LogP contribution in [0.5, 0.6) is 11.6 Å². The highest BCUT2D eigenvalue weighted by Gasteiger charge is 2.60. The lowest BCUT2D eigenvalue weighted by Gasteiger charge is -2.20. The lowest BCUT2D eigenvalue weighted by Crippen LogP contribution is -2.13. The monoisotopic (exact) mass is 491 g/mol. The molecule has 0 amide bonds. The maximum absolute atomic E-state index is 15.2. The zero-order valence-electron chi connectivity index (χ0n) is 20.3. The van der Waals surface area contributed by atoms with E-state index in [0.29, 0.717) is 35.6 Å². The minimum Gasteiger partial charge on any atom is -0.497 e. The Bertz CT molecular complexity index is 1400. The third-order valence-electron chi connectivity index (χ3n) is 8.26. The second-order valence-corrected chi connectivity index (χ2v) is 10.8. The van der Waals surface area contributed by atoms with Crippen LogP contribution in [0.15, 0.2) is 42.6 Å². The summed E-state index contributed by atoms with van der Waals surface area (Å²) in [5.41, 5.74) is 4.42. The zero-order chi connectivity index (χ0) is 25.4. The van der Waals surface area contributed by atoms with Crippen LogP contribution < -0.4 is 9.47 Å². The van der Waals surface area contributed by atoms with Crippen LogP contribution in [0.3, 0.4) is 0 Å². The first-order valence-electron chi connectivity index (χ1n) is 12.2. The SMILES string of the molecule is COc1ccc(F)c(C2CC(C)(C)c3cc(F)c(COc4cc5c(cn4)C4C(C5)C4C(=O)O)cc32)c1. The molecule has 1 aromatic heterocycles. The molecule has 1 heterocycles. The van der Waals surface area contributed by atoms with E-state index in [9.17, 15) is 14.3 Å². The lowest BCUT2D eigenvalue weighted by atomic mass is 9.85. The number of hydrogen-bond donors (Lipinski definition) is 1. The molecule has 6 rings (SSSR count). The topological polar surface area (TPSA) is 68.7 Å². The van der Waals surface area contributed by atoms with Gasteiger partial charge in [0.25, 0.3) is 0 Å². The molecule has 1 fully saturated rings. The Morgan fingerprint density at radius 2 is 1.92 bits per heavy atom. The number of pyridine rings is 1. The summed E-state index contributed by atoms with van der Waals surface area (Å²) in [6.07, 6.45) is 3.05. The summed E-state index contributed by atoms with van der Waals surface area (Å²) >= 11 is 0. The van der Waals surface area contributed by atoms with Crippen LogP contribution in [-0.2, 0) is 23.2 Å². The summed E-state index contributed by atoms with van der Waals surface area (Å²) < 4.78 is 41.2. The number of carbonyl (C=O) groups is 1. The van der Waals surface area contributed by atoms with Crippen LogP contribution >= 0.6 is 0 Å². The van der Waals surface area contributed by atoms with Gasteiger partial charge in [-0.15, -0.1) is 0 Å². The van der Waals surface area contributed by atoms with Crippen LogP contribution in [0, 0.1) is 23.5 Å². The minimum atomic E-state index is -0.752. The lowest BCUT2D eigenvalue weighted by molar-refractivity contribution is -0.139. The number of halogens is 2. The van der Waals surface area contributed by atoms with Crippen LogP contribution in [0.4, 0.5) is 8.78 Å². The van der Waals surface area contributed by atoms with Gasteiger partial charge in [-0.1, -0.05) is 13.8 Å². The van der Waals surface area contributed by atoms with Gasteiger partial charge in [0.1, 0.15) is 24.0 Å². The van der Waals surface area contributed by atoms with Gasteiger partial charge in [-0.25, -0.2) is 13.8 Å². The summed E-state index contributed by atoms with van der Waals surface area (Å²) in [4.78, 5) is 15.7. The van der Waals surface area contributed by atoms with Crippen LogP contribution in [-0.4, -0.2) is 23.2 Å². The molecule has 3 aliphatic rings. The Balaban J connectivity index is 1.26. The molecular weight excluding hydrogens is 464 g/mol. The molecule has 0 saturated heterocycles. The smallest absolute Gasteiger partial charge is 0.307 e. The van der Waals surface area contributed by atoms with E-state index in [2.05, 4.69) is 4.98 Å². The fourth-order valence-corrected chi connectivity index (χ4v) is 6.38. The molecule has 186 valence electrons. The van der Waals surface area contributed by atoms with Crippen molar-refractivity contribution >= 4 is 5.97 Å². The Labute approximate surface area is 208 Å². The Kier molecular flexibility index (Phi) is 5.11. The van der Waals surface area contributed by atoms with E-state index in [1.54, 1.807) is 37.6 Å². The molecule has 1 saturated carbocycles. The highest BCUT2D eigenvalue weighted by Crippen LogP contribution is 2.61. The van der Waals surface area contributed by atoms with Gasteiger partial charge in [-0.3, -0.25) is 4.79 Å². The van der Waals surface area contributed by atoms with E-state index in [4.69, 9.17) is 9.47 Å². The summed E-state index contributed by atoms with van der Waals surface area (Å²) in [6.45, 7) is 4.09. The second-order valence-electron chi connectivity index (χ2n) is 10.8. The molecule has 0 radical (unpaired) electrons. The highest BCUT2D eigenvalue weighted by molar-refractivity contribution is 5.77. The third kappa shape index (κ3) is 3.55. The molecule has 3 aliphatic carbocycles. The van der Waals surface area contributed by atoms with Gasteiger partial charge in [0.05, 0.1) is 13.0 Å². The Morgan fingerprint density at radius 3 is 2.67 bits per heavy atom. The van der Waals surface area contributed by atoms with Gasteiger partial charge in [0.2, 0.25) is 5.88 Å². The highest BCUT2D eigenvalue weighted by atomic mass is 19.1. The molecule has 0 bridgehead atoms. The summed E-state index contributed by atoms with van der Waals surface area (Å²) in [6, 6.07) is 9.92. The van der Waals surface area contributed by atoms with E-state index >= 15 is 4.39 Å². The third-order valence-corrected chi connectivity index (χ3v) is 8.26. The van der Waals surface area contributed by atoms with Crippen LogP contribution in [0.2, 0.25) is 0 Å². The maximum Gasteiger partial charge on any atom is 0.307 e. The first kappa shape index (κ1) is 23.0. The number of nitrogens with zero attached hydrogens (tertiary/aromatic N) is 1. The number of aliphatic carboxylic acids is 1. The van der Waals surface area contributed by atoms with Gasteiger partial charge in [0.15, 0.2) is 0 Å². The summed E-state index contributed by atoms with van der Waals surface area (Å²) in [5, 5.41) is 9.30. The van der Waals surface area contributed by atoms with Crippen molar-refractivity contribution < 1.29 is 28.2 Å². The molecular formula is C29H27F2NO4. The van der Waals surface area contributed by atoms with Crippen molar-refractivity contribution in [1.82, 2.24) is 4.98 Å². The van der Waals surface area contributed by atoms with E-state index in [1.807, 2.05) is 19.9 Å². The number of benzene rings is 2. The molecule has 2 aromatic carbocycles. The number of fused-ring (bicyclic) bond motifs is 4.